The Kier molecular flexibility index (Phi) is 4.83. The van der Waals surface area contributed by atoms with Crippen LogP contribution in [0.3, 0.4) is 0 Å². The molecule has 2 aromatic rings. The molecule has 1 N–H and O–H groups in total. The third kappa shape index (κ3) is 3.72. The quantitative estimate of drug-likeness (QED) is 0.864. The Morgan fingerprint density at radius 2 is 1.95 bits per heavy atom. The van der Waals surface area contributed by atoms with E-state index in [1.807, 2.05) is 49.4 Å². The first-order valence-corrected chi connectivity index (χ1v) is 6.81. The van der Waals surface area contributed by atoms with Crippen LogP contribution in [0, 0.1) is 6.92 Å². The van der Waals surface area contributed by atoms with Gasteiger partial charge in [0.05, 0.1) is 0 Å². The van der Waals surface area contributed by atoms with Crippen molar-refractivity contribution in [1.29, 1.82) is 0 Å². The molecule has 0 saturated heterocycles. The van der Waals surface area contributed by atoms with Gasteiger partial charge in [-0.1, -0.05) is 42.8 Å². The Balaban J connectivity index is 2.14. The van der Waals surface area contributed by atoms with Crippen molar-refractivity contribution in [1.82, 2.24) is 5.32 Å². The number of hydrogen-bond acceptors (Lipinski definition) is 2. The fraction of sp³-hybridized carbons (Fsp3) is 0.250. The van der Waals surface area contributed by atoms with E-state index in [9.17, 15) is 0 Å². The number of rotatable bonds is 5. The fourth-order valence-electron chi connectivity index (χ4n) is 1.79. The lowest BCUT2D eigenvalue weighted by Gasteiger charge is -2.10. The molecule has 3 heteroatoms. The molecule has 0 fully saturated rings. The standard InChI is InChI=1S/C16H18ClNO/c1-3-18-11-13-8-9-14(10-15(13)17)19-16-7-5-4-6-12(16)2/h4-10,18H,3,11H2,1-2H3. The molecule has 0 aliphatic heterocycles. The minimum Gasteiger partial charge on any atom is -0.457 e. The van der Waals surface area contributed by atoms with Gasteiger partial charge in [0, 0.05) is 11.6 Å². The number of para-hydroxylation sites is 1. The van der Waals surface area contributed by atoms with Gasteiger partial charge in [0.25, 0.3) is 0 Å². The summed E-state index contributed by atoms with van der Waals surface area (Å²) in [5, 5.41) is 3.99. The van der Waals surface area contributed by atoms with Gasteiger partial charge in [0.1, 0.15) is 11.5 Å². The molecule has 0 bridgehead atoms. The van der Waals surface area contributed by atoms with Gasteiger partial charge in [-0.3, -0.25) is 0 Å². The molecular formula is C16H18ClNO. The third-order valence-corrected chi connectivity index (χ3v) is 3.26. The zero-order valence-electron chi connectivity index (χ0n) is 11.2. The van der Waals surface area contributed by atoms with E-state index in [2.05, 4.69) is 12.2 Å². The van der Waals surface area contributed by atoms with E-state index in [-0.39, 0.29) is 0 Å². The molecular weight excluding hydrogens is 258 g/mol. The number of benzene rings is 2. The highest BCUT2D eigenvalue weighted by atomic mass is 35.5. The van der Waals surface area contributed by atoms with Crippen molar-refractivity contribution in [3.63, 3.8) is 0 Å². The smallest absolute Gasteiger partial charge is 0.130 e. The monoisotopic (exact) mass is 275 g/mol. The summed E-state index contributed by atoms with van der Waals surface area (Å²) in [6, 6.07) is 13.7. The van der Waals surface area contributed by atoms with E-state index < -0.39 is 0 Å². The summed E-state index contributed by atoms with van der Waals surface area (Å²) in [4.78, 5) is 0. The molecule has 19 heavy (non-hydrogen) atoms. The van der Waals surface area contributed by atoms with Crippen LogP contribution >= 0.6 is 11.6 Å². The van der Waals surface area contributed by atoms with E-state index in [0.717, 1.165) is 40.7 Å². The van der Waals surface area contributed by atoms with Gasteiger partial charge in [-0.05, 0) is 42.8 Å². The Bertz CT molecular complexity index is 554. The van der Waals surface area contributed by atoms with Crippen molar-refractivity contribution in [3.8, 4) is 11.5 Å². The first-order chi connectivity index (χ1) is 9.20. The normalized spacial score (nSPS) is 10.5. The summed E-state index contributed by atoms with van der Waals surface area (Å²) < 4.78 is 5.84. The summed E-state index contributed by atoms with van der Waals surface area (Å²) in [6.07, 6.45) is 0. The molecule has 0 saturated carbocycles. The highest BCUT2D eigenvalue weighted by molar-refractivity contribution is 6.31. The van der Waals surface area contributed by atoms with Crippen LogP contribution in [0.4, 0.5) is 0 Å². The second-order valence-corrected chi connectivity index (χ2v) is 4.81. The lowest BCUT2D eigenvalue weighted by atomic mass is 10.2. The highest BCUT2D eigenvalue weighted by Gasteiger charge is 2.04. The van der Waals surface area contributed by atoms with Crippen molar-refractivity contribution in [2.75, 3.05) is 6.54 Å². The summed E-state index contributed by atoms with van der Waals surface area (Å²) in [5.41, 5.74) is 2.19. The molecule has 0 radical (unpaired) electrons. The molecule has 0 amide bonds. The minimum atomic E-state index is 0.729. The predicted octanol–water partition coefficient (Wildman–Crippen LogP) is 4.55. The SMILES string of the molecule is CCNCc1ccc(Oc2ccccc2C)cc1Cl. The topological polar surface area (TPSA) is 21.3 Å². The van der Waals surface area contributed by atoms with Crippen LogP contribution in [-0.2, 0) is 6.54 Å². The predicted molar refractivity (Wildman–Crippen MR) is 80.1 cm³/mol. The first-order valence-electron chi connectivity index (χ1n) is 6.43. The maximum absolute atomic E-state index is 6.25. The zero-order chi connectivity index (χ0) is 13.7. The van der Waals surface area contributed by atoms with Gasteiger partial charge < -0.3 is 10.1 Å². The molecule has 0 aliphatic rings. The molecule has 2 nitrogen and oxygen atoms in total. The van der Waals surface area contributed by atoms with Crippen molar-refractivity contribution in [2.24, 2.45) is 0 Å². The van der Waals surface area contributed by atoms with Crippen molar-refractivity contribution < 1.29 is 4.74 Å². The van der Waals surface area contributed by atoms with Gasteiger partial charge in [-0.15, -0.1) is 0 Å². The van der Waals surface area contributed by atoms with Crippen LogP contribution in [0.1, 0.15) is 18.1 Å². The molecule has 2 aromatic carbocycles. The number of halogens is 1. The maximum atomic E-state index is 6.25. The van der Waals surface area contributed by atoms with E-state index >= 15 is 0 Å². The highest BCUT2D eigenvalue weighted by Crippen LogP contribution is 2.28. The van der Waals surface area contributed by atoms with Gasteiger partial charge in [-0.25, -0.2) is 0 Å². The zero-order valence-corrected chi connectivity index (χ0v) is 12.0. The molecule has 0 aromatic heterocycles. The van der Waals surface area contributed by atoms with Crippen molar-refractivity contribution in [2.45, 2.75) is 20.4 Å². The number of hydrogen-bond donors (Lipinski definition) is 1. The average Bonchev–Trinajstić information content (AvgIpc) is 2.40. The van der Waals surface area contributed by atoms with Crippen LogP contribution in [0.15, 0.2) is 42.5 Å². The Morgan fingerprint density at radius 3 is 2.63 bits per heavy atom. The van der Waals surface area contributed by atoms with Crippen LogP contribution < -0.4 is 10.1 Å². The van der Waals surface area contributed by atoms with Crippen molar-refractivity contribution in [3.05, 3.63) is 58.6 Å². The Labute approximate surface area is 119 Å². The second-order valence-electron chi connectivity index (χ2n) is 4.40. The Hall–Kier alpha value is -1.51. The maximum Gasteiger partial charge on any atom is 0.130 e. The minimum absolute atomic E-state index is 0.729. The molecule has 0 aliphatic carbocycles. The fourth-order valence-corrected chi connectivity index (χ4v) is 2.03. The molecule has 0 heterocycles. The van der Waals surface area contributed by atoms with Crippen molar-refractivity contribution >= 4 is 11.6 Å². The summed E-state index contributed by atoms with van der Waals surface area (Å²) in [6.45, 7) is 5.80. The number of ether oxygens (including phenoxy) is 1. The Morgan fingerprint density at radius 1 is 1.16 bits per heavy atom. The number of aryl methyl sites for hydroxylation is 1. The molecule has 0 spiro atoms. The molecule has 0 unspecified atom stereocenters. The molecule has 100 valence electrons. The lowest BCUT2D eigenvalue weighted by Crippen LogP contribution is -2.11. The van der Waals surface area contributed by atoms with Gasteiger partial charge >= 0.3 is 0 Å². The largest absolute Gasteiger partial charge is 0.457 e. The summed E-state index contributed by atoms with van der Waals surface area (Å²) >= 11 is 6.25. The van der Waals surface area contributed by atoms with Crippen LogP contribution in [0.25, 0.3) is 0 Å². The lowest BCUT2D eigenvalue weighted by molar-refractivity contribution is 0.478. The summed E-state index contributed by atoms with van der Waals surface area (Å²) in [5.74, 6) is 1.62. The van der Waals surface area contributed by atoms with Gasteiger partial charge in [0.2, 0.25) is 0 Å². The van der Waals surface area contributed by atoms with Gasteiger partial charge in [-0.2, -0.15) is 0 Å². The third-order valence-electron chi connectivity index (χ3n) is 2.91. The van der Waals surface area contributed by atoms with E-state index in [0.29, 0.717) is 0 Å². The van der Waals surface area contributed by atoms with E-state index in [4.69, 9.17) is 16.3 Å². The van der Waals surface area contributed by atoms with Crippen LogP contribution in [-0.4, -0.2) is 6.54 Å². The number of nitrogens with one attached hydrogen (secondary N) is 1. The van der Waals surface area contributed by atoms with Gasteiger partial charge in [0.15, 0.2) is 0 Å². The second kappa shape index (κ2) is 6.60. The van der Waals surface area contributed by atoms with E-state index in [1.54, 1.807) is 0 Å². The summed E-state index contributed by atoms with van der Waals surface area (Å²) in [7, 11) is 0. The van der Waals surface area contributed by atoms with Crippen LogP contribution in [0.2, 0.25) is 5.02 Å². The van der Waals surface area contributed by atoms with Crippen LogP contribution in [0.5, 0.6) is 11.5 Å². The average molecular weight is 276 g/mol. The molecule has 0 atom stereocenters. The van der Waals surface area contributed by atoms with E-state index in [1.165, 1.54) is 0 Å². The first kappa shape index (κ1) is 13.9. The molecule has 2 rings (SSSR count).